The number of benzene rings is 3. The maximum atomic E-state index is 12.9. The molecule has 1 fully saturated rings. The van der Waals surface area contributed by atoms with E-state index in [2.05, 4.69) is 40.8 Å². The molecule has 5 nitrogen and oxygen atoms in total. The number of hydrogen-bond donors (Lipinski definition) is 1. The number of rotatable bonds is 7. The van der Waals surface area contributed by atoms with Gasteiger partial charge in [0.2, 0.25) is 0 Å². The molecule has 0 spiro atoms. The highest BCUT2D eigenvalue weighted by Gasteiger charge is 2.53. The van der Waals surface area contributed by atoms with Crippen LogP contribution < -0.4 is 4.83 Å². The lowest BCUT2D eigenvalue weighted by molar-refractivity contribution is 0.415. The first-order chi connectivity index (χ1) is 14.9. The minimum atomic E-state index is -3.76. The molecule has 3 aromatic carbocycles. The van der Waals surface area contributed by atoms with Crippen molar-refractivity contribution < 1.29 is 8.42 Å². The SMILES string of the molecule is Cc1ccc(S(=O)(=O)N/N=C(\c2ccccc2)[C@H]2[C@@H](c3ccccc3)N2C(C)C)cc1. The van der Waals surface area contributed by atoms with Gasteiger partial charge < -0.3 is 0 Å². The molecule has 1 unspecified atom stereocenters. The molecule has 160 valence electrons. The van der Waals surface area contributed by atoms with Gasteiger partial charge in [-0.2, -0.15) is 18.4 Å². The molecule has 1 aliphatic rings. The van der Waals surface area contributed by atoms with Gasteiger partial charge in [-0.05, 0) is 44.0 Å². The minimum absolute atomic E-state index is 0.00878. The third-order valence-corrected chi connectivity index (χ3v) is 6.78. The third kappa shape index (κ3) is 4.55. The van der Waals surface area contributed by atoms with E-state index < -0.39 is 10.0 Å². The van der Waals surface area contributed by atoms with E-state index in [0.29, 0.717) is 0 Å². The van der Waals surface area contributed by atoms with Crippen molar-refractivity contribution in [3.63, 3.8) is 0 Å². The van der Waals surface area contributed by atoms with Crippen molar-refractivity contribution in [2.45, 2.75) is 43.8 Å². The van der Waals surface area contributed by atoms with Crippen LogP contribution in [0.3, 0.4) is 0 Å². The molecular formula is C25H27N3O2S. The maximum Gasteiger partial charge on any atom is 0.276 e. The van der Waals surface area contributed by atoms with E-state index in [0.717, 1.165) is 16.8 Å². The van der Waals surface area contributed by atoms with Crippen molar-refractivity contribution in [2.75, 3.05) is 0 Å². The molecule has 0 aliphatic carbocycles. The number of hydrazone groups is 1. The monoisotopic (exact) mass is 433 g/mol. The number of hydrogen-bond acceptors (Lipinski definition) is 4. The molecule has 0 radical (unpaired) electrons. The topological polar surface area (TPSA) is 61.5 Å². The molecule has 31 heavy (non-hydrogen) atoms. The van der Waals surface area contributed by atoms with Gasteiger partial charge in [-0.25, -0.2) is 0 Å². The molecule has 0 saturated carbocycles. The van der Waals surface area contributed by atoms with Gasteiger partial charge in [-0.1, -0.05) is 78.4 Å². The fourth-order valence-corrected chi connectivity index (χ4v) is 4.79. The van der Waals surface area contributed by atoms with Crippen LogP contribution in [-0.2, 0) is 10.0 Å². The molecule has 6 heteroatoms. The second-order valence-electron chi connectivity index (χ2n) is 8.11. The van der Waals surface area contributed by atoms with Crippen LogP contribution in [-0.4, -0.2) is 31.1 Å². The quantitative estimate of drug-likeness (QED) is 0.339. The van der Waals surface area contributed by atoms with E-state index in [1.807, 2.05) is 55.5 Å². The number of sulfonamides is 1. The standard InChI is InChI=1S/C25H27N3O2S/c1-18(2)28-24(21-12-8-5-9-13-21)25(28)23(20-10-6-4-7-11-20)26-27-31(29,30)22-16-14-19(3)15-17-22/h4-18,24-25,27H,1-3H3/b26-23+/t24-,25+,28?/m1/s1. The normalized spacial score (nSPS) is 21.2. The fraction of sp³-hybridized carbons (Fsp3) is 0.240. The van der Waals surface area contributed by atoms with E-state index in [1.165, 1.54) is 5.56 Å². The van der Waals surface area contributed by atoms with E-state index >= 15 is 0 Å². The van der Waals surface area contributed by atoms with Gasteiger partial charge >= 0.3 is 0 Å². The Balaban J connectivity index is 1.71. The number of aryl methyl sites for hydroxylation is 1. The Hall–Kier alpha value is -2.96. The van der Waals surface area contributed by atoms with Crippen molar-refractivity contribution in [3.8, 4) is 0 Å². The summed E-state index contributed by atoms with van der Waals surface area (Å²) in [5.41, 5.74) is 3.83. The van der Waals surface area contributed by atoms with Crippen LogP contribution in [0.2, 0.25) is 0 Å². The largest absolute Gasteiger partial charge is 0.282 e. The van der Waals surface area contributed by atoms with Crippen LogP contribution >= 0.6 is 0 Å². The molecule has 1 N–H and O–H groups in total. The molecule has 1 saturated heterocycles. The molecule has 1 aliphatic heterocycles. The Morgan fingerprint density at radius 3 is 2.06 bits per heavy atom. The summed E-state index contributed by atoms with van der Waals surface area (Å²) in [5, 5.41) is 4.47. The Morgan fingerprint density at radius 1 is 0.903 bits per heavy atom. The van der Waals surface area contributed by atoms with Crippen molar-refractivity contribution in [1.82, 2.24) is 9.73 Å². The molecule has 0 aromatic heterocycles. The zero-order valence-electron chi connectivity index (χ0n) is 17.9. The van der Waals surface area contributed by atoms with Crippen LogP contribution in [0.5, 0.6) is 0 Å². The summed E-state index contributed by atoms with van der Waals surface area (Å²) < 4.78 is 25.7. The van der Waals surface area contributed by atoms with Gasteiger partial charge in [-0.3, -0.25) is 4.90 Å². The van der Waals surface area contributed by atoms with Gasteiger partial charge in [0.15, 0.2) is 0 Å². The zero-order valence-corrected chi connectivity index (χ0v) is 18.8. The van der Waals surface area contributed by atoms with E-state index in [9.17, 15) is 8.42 Å². The molecule has 1 heterocycles. The Kier molecular flexibility index (Phi) is 5.94. The molecule has 0 bridgehead atoms. The van der Waals surface area contributed by atoms with Crippen LogP contribution in [0.1, 0.15) is 36.6 Å². The van der Waals surface area contributed by atoms with Gasteiger partial charge in [0, 0.05) is 6.04 Å². The highest BCUT2D eigenvalue weighted by atomic mass is 32.2. The first-order valence-electron chi connectivity index (χ1n) is 10.4. The molecule has 3 aromatic rings. The maximum absolute atomic E-state index is 12.9. The average Bonchev–Trinajstić information content (AvgIpc) is 3.51. The number of nitrogens with zero attached hydrogens (tertiary/aromatic N) is 2. The Bertz CT molecular complexity index is 1160. The van der Waals surface area contributed by atoms with Crippen LogP contribution in [0.4, 0.5) is 0 Å². The highest BCUT2D eigenvalue weighted by Crippen LogP contribution is 2.46. The summed E-state index contributed by atoms with van der Waals surface area (Å²) in [4.78, 5) is 5.03. The lowest BCUT2D eigenvalue weighted by Gasteiger charge is -2.11. The van der Waals surface area contributed by atoms with Crippen molar-refractivity contribution in [1.29, 1.82) is 0 Å². The molecule has 3 atom stereocenters. The van der Waals surface area contributed by atoms with Crippen LogP contribution in [0.15, 0.2) is 94.9 Å². The van der Waals surface area contributed by atoms with Gasteiger partial charge in [0.1, 0.15) is 0 Å². The second kappa shape index (κ2) is 8.65. The summed E-state index contributed by atoms with van der Waals surface area (Å²) >= 11 is 0. The Labute approximate surface area is 184 Å². The zero-order chi connectivity index (χ0) is 22.0. The first-order valence-corrected chi connectivity index (χ1v) is 11.9. The predicted octanol–water partition coefficient (Wildman–Crippen LogP) is 4.51. The van der Waals surface area contributed by atoms with Crippen molar-refractivity contribution in [2.24, 2.45) is 5.10 Å². The lowest BCUT2D eigenvalue weighted by atomic mass is 10.0. The summed E-state index contributed by atoms with van der Waals surface area (Å²) in [7, 11) is -3.76. The van der Waals surface area contributed by atoms with Gasteiger partial charge in [0.25, 0.3) is 10.0 Å². The van der Waals surface area contributed by atoms with Crippen LogP contribution in [0, 0.1) is 6.92 Å². The van der Waals surface area contributed by atoms with Crippen LogP contribution in [0.25, 0.3) is 0 Å². The van der Waals surface area contributed by atoms with Crippen molar-refractivity contribution >= 4 is 15.7 Å². The Morgan fingerprint density at radius 2 is 1.48 bits per heavy atom. The smallest absolute Gasteiger partial charge is 0.276 e. The molecular weight excluding hydrogens is 406 g/mol. The summed E-state index contributed by atoms with van der Waals surface area (Å²) in [6.07, 6.45) is 0. The first kappa shape index (κ1) is 21.3. The number of nitrogens with one attached hydrogen (secondary N) is 1. The highest BCUT2D eigenvalue weighted by molar-refractivity contribution is 7.89. The summed E-state index contributed by atoms with van der Waals surface area (Å²) in [6, 6.07) is 27.2. The minimum Gasteiger partial charge on any atom is -0.282 e. The van der Waals surface area contributed by atoms with E-state index in [-0.39, 0.29) is 23.0 Å². The molecule has 4 rings (SSSR count). The fourth-order valence-electron chi connectivity index (χ4n) is 3.98. The summed E-state index contributed by atoms with van der Waals surface area (Å²) in [6.45, 7) is 6.22. The third-order valence-electron chi connectivity index (χ3n) is 5.56. The second-order valence-corrected chi connectivity index (χ2v) is 9.77. The molecule has 0 amide bonds. The predicted molar refractivity (Wildman–Crippen MR) is 124 cm³/mol. The lowest BCUT2D eigenvalue weighted by Crippen LogP contribution is -2.25. The van der Waals surface area contributed by atoms with E-state index in [4.69, 9.17) is 0 Å². The van der Waals surface area contributed by atoms with Gasteiger partial charge in [0.05, 0.1) is 22.7 Å². The average molecular weight is 434 g/mol. The van der Waals surface area contributed by atoms with E-state index in [1.54, 1.807) is 24.3 Å². The van der Waals surface area contributed by atoms with Crippen molar-refractivity contribution in [3.05, 3.63) is 102 Å². The summed E-state index contributed by atoms with van der Waals surface area (Å²) in [5.74, 6) is 0. The van der Waals surface area contributed by atoms with Gasteiger partial charge in [-0.15, -0.1) is 0 Å².